The molecule has 1 amide bonds. The predicted octanol–water partition coefficient (Wildman–Crippen LogP) is 4.14. The summed E-state index contributed by atoms with van der Waals surface area (Å²) in [6, 6.07) is 14.6. The molecule has 7 heteroatoms. The third-order valence-corrected chi connectivity index (χ3v) is 5.09. The molecule has 28 heavy (non-hydrogen) atoms. The SMILES string of the molecule is C[C@@H]1CN(C(=S)c2ccc(OCC(=O)Nc3ccccc3)c(Cl)c2)C[C@H](C)O1. The number of hydrogen-bond donors (Lipinski definition) is 1. The Morgan fingerprint density at radius 2 is 1.89 bits per heavy atom. The Hall–Kier alpha value is -2.15. The Morgan fingerprint density at radius 3 is 2.54 bits per heavy atom. The lowest BCUT2D eigenvalue weighted by Gasteiger charge is -2.37. The molecule has 0 radical (unpaired) electrons. The van der Waals surface area contributed by atoms with Crippen molar-refractivity contribution in [1.82, 2.24) is 4.90 Å². The van der Waals surface area contributed by atoms with Gasteiger partial charge in [0.05, 0.1) is 17.2 Å². The average molecular weight is 419 g/mol. The Bertz CT molecular complexity index is 837. The van der Waals surface area contributed by atoms with E-state index < -0.39 is 0 Å². The molecule has 0 saturated carbocycles. The van der Waals surface area contributed by atoms with Gasteiger partial charge in [-0.15, -0.1) is 0 Å². The van der Waals surface area contributed by atoms with Crippen LogP contribution in [0.3, 0.4) is 0 Å². The molecule has 1 heterocycles. The molecule has 0 bridgehead atoms. The van der Waals surface area contributed by atoms with Crippen molar-refractivity contribution in [2.24, 2.45) is 0 Å². The number of benzene rings is 2. The maximum Gasteiger partial charge on any atom is 0.262 e. The average Bonchev–Trinajstić information content (AvgIpc) is 2.66. The molecule has 5 nitrogen and oxygen atoms in total. The first-order chi connectivity index (χ1) is 13.4. The van der Waals surface area contributed by atoms with Crippen LogP contribution in [0.1, 0.15) is 19.4 Å². The number of carbonyl (C=O) groups excluding carboxylic acids is 1. The van der Waals surface area contributed by atoms with Crippen molar-refractivity contribution in [2.45, 2.75) is 26.1 Å². The highest BCUT2D eigenvalue weighted by Crippen LogP contribution is 2.27. The van der Waals surface area contributed by atoms with Gasteiger partial charge in [0, 0.05) is 24.3 Å². The van der Waals surface area contributed by atoms with Gasteiger partial charge in [0.1, 0.15) is 10.7 Å². The maximum absolute atomic E-state index is 12.0. The molecule has 1 aliphatic heterocycles. The lowest BCUT2D eigenvalue weighted by molar-refractivity contribution is -0.118. The highest BCUT2D eigenvalue weighted by molar-refractivity contribution is 7.80. The minimum absolute atomic E-state index is 0.128. The molecule has 0 unspecified atom stereocenters. The predicted molar refractivity (Wildman–Crippen MR) is 115 cm³/mol. The quantitative estimate of drug-likeness (QED) is 0.739. The number of hydrogen-bond acceptors (Lipinski definition) is 4. The fourth-order valence-electron chi connectivity index (χ4n) is 3.14. The van der Waals surface area contributed by atoms with Crippen molar-refractivity contribution in [2.75, 3.05) is 25.0 Å². The van der Waals surface area contributed by atoms with Crippen LogP contribution in [0.25, 0.3) is 0 Å². The van der Waals surface area contributed by atoms with Crippen LogP contribution in [-0.4, -0.2) is 47.7 Å². The monoisotopic (exact) mass is 418 g/mol. The number of anilines is 1. The van der Waals surface area contributed by atoms with Crippen LogP contribution in [0.5, 0.6) is 5.75 Å². The number of nitrogens with one attached hydrogen (secondary N) is 1. The summed E-state index contributed by atoms with van der Waals surface area (Å²) in [6.07, 6.45) is 0.255. The van der Waals surface area contributed by atoms with Crippen molar-refractivity contribution in [3.05, 3.63) is 59.1 Å². The number of carbonyl (C=O) groups is 1. The number of halogens is 1. The number of nitrogens with zero attached hydrogens (tertiary/aromatic N) is 1. The first kappa shape index (κ1) is 20.6. The summed E-state index contributed by atoms with van der Waals surface area (Å²) in [7, 11) is 0. The lowest BCUT2D eigenvalue weighted by atomic mass is 10.1. The second kappa shape index (κ2) is 9.37. The highest BCUT2D eigenvalue weighted by atomic mass is 35.5. The van der Waals surface area contributed by atoms with E-state index >= 15 is 0 Å². The second-order valence-corrected chi connectivity index (χ2v) is 7.61. The molecule has 2 atom stereocenters. The van der Waals surface area contributed by atoms with Crippen LogP contribution in [-0.2, 0) is 9.53 Å². The molecule has 3 rings (SSSR count). The van der Waals surface area contributed by atoms with Gasteiger partial charge < -0.3 is 19.7 Å². The summed E-state index contributed by atoms with van der Waals surface area (Å²) in [5, 5.41) is 3.18. The van der Waals surface area contributed by atoms with E-state index in [1.807, 2.05) is 50.2 Å². The van der Waals surface area contributed by atoms with E-state index in [4.69, 9.17) is 33.3 Å². The first-order valence-corrected chi connectivity index (χ1v) is 9.93. The van der Waals surface area contributed by atoms with Gasteiger partial charge in [-0.05, 0) is 44.2 Å². The number of amides is 1. The van der Waals surface area contributed by atoms with Crippen LogP contribution in [0.15, 0.2) is 48.5 Å². The normalized spacial score (nSPS) is 19.2. The van der Waals surface area contributed by atoms with Crippen molar-refractivity contribution in [1.29, 1.82) is 0 Å². The molecular weight excluding hydrogens is 396 g/mol. The smallest absolute Gasteiger partial charge is 0.262 e. The van der Waals surface area contributed by atoms with Crippen LogP contribution in [0.2, 0.25) is 5.02 Å². The van der Waals surface area contributed by atoms with Gasteiger partial charge in [-0.1, -0.05) is 42.0 Å². The molecule has 148 valence electrons. The number of ether oxygens (including phenoxy) is 2. The van der Waals surface area contributed by atoms with E-state index in [1.54, 1.807) is 12.1 Å². The molecular formula is C21H23ClN2O3S. The Balaban J connectivity index is 1.59. The van der Waals surface area contributed by atoms with Crippen molar-refractivity contribution in [3.63, 3.8) is 0 Å². The summed E-state index contributed by atoms with van der Waals surface area (Å²) in [4.78, 5) is 14.9. The zero-order valence-corrected chi connectivity index (χ0v) is 17.4. The van der Waals surface area contributed by atoms with Gasteiger partial charge >= 0.3 is 0 Å². The molecule has 1 N–H and O–H groups in total. The standard InChI is InChI=1S/C21H23ClN2O3S/c1-14-11-24(12-15(2)27-14)21(28)16-8-9-19(18(22)10-16)26-13-20(25)23-17-6-4-3-5-7-17/h3-10,14-15H,11-13H2,1-2H3,(H,23,25)/t14-,15+. The molecule has 1 aliphatic rings. The third kappa shape index (κ3) is 5.44. The zero-order valence-electron chi connectivity index (χ0n) is 15.9. The van der Waals surface area contributed by atoms with Gasteiger partial charge in [0.2, 0.25) is 0 Å². The fourth-order valence-corrected chi connectivity index (χ4v) is 3.65. The van der Waals surface area contributed by atoms with Crippen LogP contribution in [0, 0.1) is 0 Å². The summed E-state index contributed by atoms with van der Waals surface area (Å²) < 4.78 is 11.3. The first-order valence-electron chi connectivity index (χ1n) is 9.14. The minimum atomic E-state index is -0.252. The molecule has 0 spiro atoms. The molecule has 2 aromatic rings. The summed E-state index contributed by atoms with van der Waals surface area (Å²) >= 11 is 12.0. The number of para-hydroxylation sites is 1. The van der Waals surface area contributed by atoms with E-state index in [0.717, 1.165) is 29.3 Å². The van der Waals surface area contributed by atoms with E-state index in [9.17, 15) is 4.79 Å². The van der Waals surface area contributed by atoms with Gasteiger partial charge in [0.15, 0.2) is 6.61 Å². The van der Waals surface area contributed by atoms with Crippen LogP contribution >= 0.6 is 23.8 Å². The summed E-state index contributed by atoms with van der Waals surface area (Å²) in [5.74, 6) is 0.193. The largest absolute Gasteiger partial charge is 0.482 e. The van der Waals surface area contributed by atoms with Gasteiger partial charge in [-0.25, -0.2) is 0 Å². The Kier molecular flexibility index (Phi) is 6.88. The molecule has 1 saturated heterocycles. The van der Waals surface area contributed by atoms with E-state index in [1.165, 1.54) is 0 Å². The highest BCUT2D eigenvalue weighted by Gasteiger charge is 2.24. The number of thiocarbonyl (C=S) groups is 1. The third-order valence-electron chi connectivity index (χ3n) is 4.30. The molecule has 1 fully saturated rings. The molecule has 2 aromatic carbocycles. The van der Waals surface area contributed by atoms with E-state index in [-0.39, 0.29) is 24.7 Å². The number of morpholine rings is 1. The van der Waals surface area contributed by atoms with Gasteiger partial charge in [-0.3, -0.25) is 4.79 Å². The minimum Gasteiger partial charge on any atom is -0.482 e. The summed E-state index contributed by atoms with van der Waals surface area (Å²) in [5.41, 5.74) is 1.57. The van der Waals surface area contributed by atoms with Crippen LogP contribution < -0.4 is 10.1 Å². The Morgan fingerprint density at radius 1 is 1.21 bits per heavy atom. The summed E-state index contributed by atoms with van der Waals surface area (Å²) in [6.45, 7) is 5.44. The lowest BCUT2D eigenvalue weighted by Crippen LogP contribution is -2.47. The van der Waals surface area contributed by atoms with Crippen molar-refractivity contribution >= 4 is 40.4 Å². The second-order valence-electron chi connectivity index (χ2n) is 6.82. The number of rotatable bonds is 5. The zero-order chi connectivity index (χ0) is 20.1. The van der Waals surface area contributed by atoms with Crippen molar-refractivity contribution in [3.8, 4) is 5.75 Å². The molecule has 0 aromatic heterocycles. The molecule has 0 aliphatic carbocycles. The maximum atomic E-state index is 12.0. The van der Waals surface area contributed by atoms with Crippen molar-refractivity contribution < 1.29 is 14.3 Å². The topological polar surface area (TPSA) is 50.8 Å². The van der Waals surface area contributed by atoms with Crippen LogP contribution in [0.4, 0.5) is 5.69 Å². The van der Waals surface area contributed by atoms with E-state index in [2.05, 4.69) is 10.2 Å². The Labute approximate surface area is 175 Å². The van der Waals surface area contributed by atoms with Gasteiger partial charge in [-0.2, -0.15) is 0 Å². The fraction of sp³-hybridized carbons (Fsp3) is 0.333. The van der Waals surface area contributed by atoms with E-state index in [0.29, 0.717) is 10.8 Å². The van der Waals surface area contributed by atoms with Gasteiger partial charge in [0.25, 0.3) is 5.91 Å².